The Labute approximate surface area is 107 Å². The Kier molecular flexibility index (Phi) is 3.24. The van der Waals surface area contributed by atoms with Crippen molar-refractivity contribution in [3.05, 3.63) is 12.2 Å². The van der Waals surface area contributed by atoms with E-state index in [1.807, 2.05) is 0 Å². The van der Waals surface area contributed by atoms with Gasteiger partial charge in [0, 0.05) is 6.42 Å². The standard InChI is InChI=1S/C13H21N5/c1-8(6-13(2,3)4)5-9-17-10-11(14)15-7-16-12(10)18-9/h7-8H,5-6H2,1-4H3,(H3,14,15,16,17,18). The van der Waals surface area contributed by atoms with Crippen molar-refractivity contribution in [2.24, 2.45) is 11.3 Å². The second-order valence-electron chi connectivity index (χ2n) is 6.22. The highest BCUT2D eigenvalue weighted by atomic mass is 15.0. The summed E-state index contributed by atoms with van der Waals surface area (Å²) in [6.45, 7) is 9.01. The maximum Gasteiger partial charge on any atom is 0.183 e. The van der Waals surface area contributed by atoms with Crippen LogP contribution in [0.4, 0.5) is 5.82 Å². The Morgan fingerprint density at radius 2 is 2.06 bits per heavy atom. The van der Waals surface area contributed by atoms with Crippen LogP contribution in [-0.2, 0) is 6.42 Å². The number of nitrogens with zero attached hydrogens (tertiary/aromatic N) is 3. The number of imidazole rings is 1. The molecular weight excluding hydrogens is 226 g/mol. The molecule has 98 valence electrons. The van der Waals surface area contributed by atoms with Crippen molar-refractivity contribution in [2.45, 2.75) is 40.5 Å². The summed E-state index contributed by atoms with van der Waals surface area (Å²) in [6, 6.07) is 0. The van der Waals surface area contributed by atoms with Crippen molar-refractivity contribution < 1.29 is 0 Å². The molecule has 0 aromatic carbocycles. The average molecular weight is 247 g/mol. The van der Waals surface area contributed by atoms with E-state index in [9.17, 15) is 0 Å². The Bertz CT molecular complexity index is 538. The molecule has 0 fully saturated rings. The van der Waals surface area contributed by atoms with E-state index in [0.29, 0.717) is 22.8 Å². The van der Waals surface area contributed by atoms with Crippen molar-refractivity contribution in [1.29, 1.82) is 0 Å². The molecule has 0 amide bonds. The lowest BCUT2D eigenvalue weighted by Gasteiger charge is -2.22. The van der Waals surface area contributed by atoms with Gasteiger partial charge in [-0.25, -0.2) is 15.0 Å². The van der Waals surface area contributed by atoms with Gasteiger partial charge in [0.2, 0.25) is 0 Å². The molecule has 5 heteroatoms. The summed E-state index contributed by atoms with van der Waals surface area (Å²) < 4.78 is 0. The van der Waals surface area contributed by atoms with Gasteiger partial charge in [0.1, 0.15) is 17.7 Å². The number of H-pyrrole nitrogens is 1. The monoisotopic (exact) mass is 247 g/mol. The van der Waals surface area contributed by atoms with E-state index < -0.39 is 0 Å². The Morgan fingerprint density at radius 1 is 1.33 bits per heavy atom. The number of hydrogen-bond acceptors (Lipinski definition) is 4. The Balaban J connectivity index is 2.15. The number of hydrogen-bond donors (Lipinski definition) is 2. The maximum atomic E-state index is 5.78. The first kappa shape index (κ1) is 12.8. The zero-order valence-corrected chi connectivity index (χ0v) is 11.5. The number of nitrogens with one attached hydrogen (secondary N) is 1. The molecule has 2 rings (SSSR count). The van der Waals surface area contributed by atoms with E-state index in [4.69, 9.17) is 5.73 Å². The molecule has 0 radical (unpaired) electrons. The van der Waals surface area contributed by atoms with Gasteiger partial charge >= 0.3 is 0 Å². The van der Waals surface area contributed by atoms with E-state index in [0.717, 1.165) is 24.2 Å². The van der Waals surface area contributed by atoms with Crippen LogP contribution in [0.5, 0.6) is 0 Å². The predicted molar refractivity (Wildman–Crippen MR) is 73.0 cm³/mol. The van der Waals surface area contributed by atoms with Crippen LogP contribution in [0.2, 0.25) is 0 Å². The number of aromatic nitrogens is 4. The van der Waals surface area contributed by atoms with Crippen LogP contribution in [0.3, 0.4) is 0 Å². The topological polar surface area (TPSA) is 80.5 Å². The van der Waals surface area contributed by atoms with Crippen LogP contribution in [-0.4, -0.2) is 19.9 Å². The van der Waals surface area contributed by atoms with Crippen molar-refractivity contribution in [2.75, 3.05) is 5.73 Å². The first-order valence-electron chi connectivity index (χ1n) is 6.30. The number of fused-ring (bicyclic) bond motifs is 1. The van der Waals surface area contributed by atoms with Gasteiger partial charge in [-0.2, -0.15) is 0 Å². The molecule has 18 heavy (non-hydrogen) atoms. The fraction of sp³-hybridized carbons (Fsp3) is 0.615. The van der Waals surface area contributed by atoms with Crippen molar-refractivity contribution in [1.82, 2.24) is 19.9 Å². The highest BCUT2D eigenvalue weighted by Crippen LogP contribution is 2.26. The van der Waals surface area contributed by atoms with Crippen LogP contribution >= 0.6 is 0 Å². The van der Waals surface area contributed by atoms with Gasteiger partial charge in [-0.05, 0) is 17.8 Å². The second kappa shape index (κ2) is 4.55. The minimum Gasteiger partial charge on any atom is -0.382 e. The SMILES string of the molecule is CC(Cc1nc2ncnc(N)c2[nH]1)CC(C)(C)C. The van der Waals surface area contributed by atoms with E-state index in [1.54, 1.807) is 0 Å². The number of aromatic amines is 1. The van der Waals surface area contributed by atoms with E-state index in [1.165, 1.54) is 6.33 Å². The van der Waals surface area contributed by atoms with Gasteiger partial charge in [0.25, 0.3) is 0 Å². The minimum absolute atomic E-state index is 0.338. The van der Waals surface area contributed by atoms with E-state index in [-0.39, 0.29) is 0 Å². The first-order valence-corrected chi connectivity index (χ1v) is 6.30. The largest absolute Gasteiger partial charge is 0.382 e. The molecule has 0 aliphatic rings. The molecular formula is C13H21N5. The van der Waals surface area contributed by atoms with Crippen LogP contribution in [0, 0.1) is 11.3 Å². The van der Waals surface area contributed by atoms with Gasteiger partial charge in [-0.3, -0.25) is 0 Å². The molecule has 0 aliphatic carbocycles. The summed E-state index contributed by atoms with van der Waals surface area (Å²) >= 11 is 0. The summed E-state index contributed by atoms with van der Waals surface area (Å²) in [7, 11) is 0. The molecule has 2 aromatic heterocycles. The normalized spacial score (nSPS) is 14.0. The summed E-state index contributed by atoms with van der Waals surface area (Å²) in [6.07, 6.45) is 3.51. The zero-order chi connectivity index (χ0) is 13.3. The third-order valence-corrected chi connectivity index (χ3v) is 2.87. The average Bonchev–Trinajstić information content (AvgIpc) is 2.58. The summed E-state index contributed by atoms with van der Waals surface area (Å²) in [5.41, 5.74) is 7.52. The molecule has 0 bridgehead atoms. The molecule has 2 heterocycles. The molecule has 1 atom stereocenters. The predicted octanol–water partition coefficient (Wildman–Crippen LogP) is 2.55. The second-order valence-corrected chi connectivity index (χ2v) is 6.22. The van der Waals surface area contributed by atoms with Crippen LogP contribution in [0.1, 0.15) is 39.9 Å². The molecule has 3 N–H and O–H groups in total. The minimum atomic E-state index is 0.338. The molecule has 2 aromatic rings. The van der Waals surface area contributed by atoms with Gasteiger partial charge in [-0.15, -0.1) is 0 Å². The zero-order valence-electron chi connectivity index (χ0n) is 11.5. The quantitative estimate of drug-likeness (QED) is 0.873. The first-order chi connectivity index (χ1) is 8.35. The number of nitrogen functional groups attached to an aromatic ring is 1. The number of nitrogens with two attached hydrogens (primary N) is 1. The number of anilines is 1. The lowest BCUT2D eigenvalue weighted by atomic mass is 9.84. The highest BCUT2D eigenvalue weighted by Gasteiger charge is 2.17. The van der Waals surface area contributed by atoms with E-state index >= 15 is 0 Å². The molecule has 5 nitrogen and oxygen atoms in total. The van der Waals surface area contributed by atoms with Gasteiger partial charge in [0.05, 0.1) is 0 Å². The van der Waals surface area contributed by atoms with Crippen molar-refractivity contribution in [3.63, 3.8) is 0 Å². The molecule has 0 aliphatic heterocycles. The lowest BCUT2D eigenvalue weighted by molar-refractivity contribution is 0.304. The van der Waals surface area contributed by atoms with Crippen LogP contribution in [0.15, 0.2) is 6.33 Å². The molecule has 1 unspecified atom stereocenters. The third kappa shape index (κ3) is 2.97. The van der Waals surface area contributed by atoms with E-state index in [2.05, 4.69) is 47.6 Å². The molecule has 0 saturated carbocycles. The summed E-state index contributed by atoms with van der Waals surface area (Å²) in [4.78, 5) is 15.7. The smallest absolute Gasteiger partial charge is 0.183 e. The van der Waals surface area contributed by atoms with Crippen molar-refractivity contribution in [3.8, 4) is 0 Å². The summed E-state index contributed by atoms with van der Waals surface area (Å²) in [5.74, 6) is 1.97. The van der Waals surface area contributed by atoms with Crippen LogP contribution < -0.4 is 5.73 Å². The Morgan fingerprint density at radius 3 is 2.67 bits per heavy atom. The maximum absolute atomic E-state index is 5.78. The van der Waals surface area contributed by atoms with Gasteiger partial charge in [-0.1, -0.05) is 27.7 Å². The third-order valence-electron chi connectivity index (χ3n) is 2.87. The fourth-order valence-corrected chi connectivity index (χ4v) is 2.44. The number of rotatable bonds is 3. The Hall–Kier alpha value is -1.65. The van der Waals surface area contributed by atoms with Gasteiger partial charge < -0.3 is 10.7 Å². The van der Waals surface area contributed by atoms with Crippen molar-refractivity contribution >= 4 is 17.0 Å². The fourth-order valence-electron chi connectivity index (χ4n) is 2.44. The lowest BCUT2D eigenvalue weighted by Crippen LogP contribution is -2.13. The summed E-state index contributed by atoms with van der Waals surface area (Å²) in [5, 5.41) is 0. The van der Waals surface area contributed by atoms with Crippen LogP contribution in [0.25, 0.3) is 11.2 Å². The highest BCUT2D eigenvalue weighted by molar-refractivity contribution is 5.80. The molecule has 0 saturated heterocycles. The molecule has 0 spiro atoms. The van der Waals surface area contributed by atoms with Gasteiger partial charge in [0.15, 0.2) is 11.5 Å².